The van der Waals surface area contributed by atoms with Crippen LogP contribution in [0.1, 0.15) is 30.5 Å². The van der Waals surface area contributed by atoms with Crippen LogP contribution in [0.15, 0.2) is 65.7 Å². The van der Waals surface area contributed by atoms with Crippen molar-refractivity contribution in [3.05, 3.63) is 81.8 Å². The number of benzene rings is 1. The van der Waals surface area contributed by atoms with Gasteiger partial charge in [-0.3, -0.25) is 18.9 Å². The van der Waals surface area contributed by atoms with Crippen molar-refractivity contribution in [3.8, 4) is 16.9 Å². The highest BCUT2D eigenvalue weighted by Gasteiger charge is 2.22. The molecule has 200 valence electrons. The third-order valence-electron chi connectivity index (χ3n) is 7.12. The van der Waals surface area contributed by atoms with Gasteiger partial charge < -0.3 is 9.30 Å². The number of ether oxygens (including phenoxy) is 1. The molecule has 0 N–H and O–H groups in total. The maximum Gasteiger partial charge on any atom is 0.259 e. The third kappa shape index (κ3) is 5.56. The van der Waals surface area contributed by atoms with E-state index in [0.29, 0.717) is 0 Å². The van der Waals surface area contributed by atoms with Crippen LogP contribution in [0.3, 0.4) is 0 Å². The first-order valence-corrected chi connectivity index (χ1v) is 15.6. The Labute approximate surface area is 228 Å². The Balaban J connectivity index is 1.40. The molecular weight excluding hydrogens is 516 g/mol. The van der Waals surface area contributed by atoms with E-state index in [-0.39, 0.29) is 11.7 Å². The normalized spacial score (nSPS) is 17.3. The average molecular weight is 551 g/mol. The summed E-state index contributed by atoms with van der Waals surface area (Å²) in [7, 11) is -0.231. The van der Waals surface area contributed by atoms with Crippen molar-refractivity contribution < 1.29 is 8.95 Å². The molecule has 0 amide bonds. The number of fused-ring (bicyclic) bond motifs is 1. The standard InChI is InChI=1S/C29H34N4O3S2/c1-5-38(4,35)33-15-13-32(14-16-33)19-24-18-25-28(37-24)26(20-31(3)29(25)34)22-9-8-10-23(17-22)36-21(2)27-11-6-7-12-30-27/h5-12,17-18,20-21H,13-16,19H2,1-4H3. The lowest BCUT2D eigenvalue weighted by Crippen LogP contribution is -2.48. The Morgan fingerprint density at radius 1 is 1.13 bits per heavy atom. The van der Waals surface area contributed by atoms with E-state index in [1.165, 1.54) is 0 Å². The van der Waals surface area contributed by atoms with Gasteiger partial charge in [0.2, 0.25) is 0 Å². The Kier molecular flexibility index (Phi) is 7.72. The molecule has 4 heterocycles. The second-order valence-corrected chi connectivity index (χ2v) is 13.6. The number of nitrogens with zero attached hydrogens (tertiary/aromatic N) is 4. The minimum atomic E-state index is -2.04. The fourth-order valence-corrected chi connectivity index (χ4v) is 7.23. The van der Waals surface area contributed by atoms with E-state index in [1.807, 2.05) is 74.1 Å². The first kappa shape index (κ1) is 26.6. The molecule has 3 aromatic heterocycles. The molecule has 4 aromatic rings. The zero-order valence-electron chi connectivity index (χ0n) is 22.3. The summed E-state index contributed by atoms with van der Waals surface area (Å²) >= 11 is 1.68. The summed E-state index contributed by atoms with van der Waals surface area (Å²) in [6, 6.07) is 15.9. The molecule has 2 atom stereocenters. The summed E-state index contributed by atoms with van der Waals surface area (Å²) in [5, 5.41) is 2.56. The maximum absolute atomic E-state index is 13.1. The van der Waals surface area contributed by atoms with Crippen molar-refractivity contribution >= 4 is 36.5 Å². The van der Waals surface area contributed by atoms with E-state index in [1.54, 1.807) is 29.1 Å². The van der Waals surface area contributed by atoms with Gasteiger partial charge in [0.25, 0.3) is 5.56 Å². The van der Waals surface area contributed by atoms with Crippen molar-refractivity contribution in [2.45, 2.75) is 26.5 Å². The number of thiophene rings is 1. The molecule has 0 bridgehead atoms. The van der Waals surface area contributed by atoms with Gasteiger partial charge in [-0.15, -0.1) is 11.3 Å². The molecule has 1 fully saturated rings. The number of hydrogen-bond donors (Lipinski definition) is 0. The summed E-state index contributed by atoms with van der Waals surface area (Å²) in [6.45, 7) is 7.90. The summed E-state index contributed by atoms with van der Waals surface area (Å²) < 4.78 is 23.6. The van der Waals surface area contributed by atoms with Crippen LogP contribution < -0.4 is 10.3 Å². The average Bonchev–Trinajstić information content (AvgIpc) is 3.35. The molecule has 0 aliphatic carbocycles. The molecule has 5 rings (SSSR count). The third-order valence-corrected chi connectivity index (χ3v) is 10.5. The van der Waals surface area contributed by atoms with Crippen LogP contribution in [0, 0.1) is 0 Å². The smallest absolute Gasteiger partial charge is 0.259 e. The van der Waals surface area contributed by atoms with Crippen molar-refractivity contribution in [1.82, 2.24) is 18.8 Å². The van der Waals surface area contributed by atoms with E-state index in [0.717, 1.165) is 70.3 Å². The maximum atomic E-state index is 13.1. The van der Waals surface area contributed by atoms with Crippen LogP contribution in [0.5, 0.6) is 5.75 Å². The topological polar surface area (TPSA) is 67.7 Å². The molecule has 1 saturated heterocycles. The van der Waals surface area contributed by atoms with Gasteiger partial charge in [-0.1, -0.05) is 18.2 Å². The second kappa shape index (κ2) is 11.0. The van der Waals surface area contributed by atoms with Crippen molar-refractivity contribution in [3.63, 3.8) is 0 Å². The monoisotopic (exact) mass is 550 g/mol. The Hall–Kier alpha value is -2.98. The van der Waals surface area contributed by atoms with Gasteiger partial charge in [-0.25, -0.2) is 4.31 Å². The summed E-state index contributed by atoms with van der Waals surface area (Å²) in [5.74, 6) is 0.758. The summed E-state index contributed by atoms with van der Waals surface area (Å²) in [6.07, 6.45) is 5.32. The fourth-order valence-electron chi connectivity index (χ4n) is 4.82. The highest BCUT2D eigenvalue weighted by atomic mass is 32.2. The quantitative estimate of drug-likeness (QED) is 0.316. The lowest BCUT2D eigenvalue weighted by molar-refractivity contribution is 0.187. The molecule has 0 spiro atoms. The molecule has 0 saturated carbocycles. The Bertz CT molecular complexity index is 1610. The lowest BCUT2D eigenvalue weighted by atomic mass is 10.1. The van der Waals surface area contributed by atoms with Gasteiger partial charge >= 0.3 is 0 Å². The molecule has 1 aliphatic heterocycles. The minimum Gasteiger partial charge on any atom is -0.484 e. The highest BCUT2D eigenvalue weighted by molar-refractivity contribution is 7.98. The molecule has 0 radical (unpaired) electrons. The SMILES string of the molecule is CC=S(C)(=O)N1CCN(Cc2cc3c(=O)n(C)cc(-c4cccc(OC(C)c5ccccn5)c4)c3s2)CC1. The number of aryl methyl sites for hydroxylation is 1. The van der Waals surface area contributed by atoms with Gasteiger partial charge in [0.05, 0.1) is 11.1 Å². The van der Waals surface area contributed by atoms with Gasteiger partial charge in [0.15, 0.2) is 0 Å². The summed E-state index contributed by atoms with van der Waals surface area (Å²) in [4.78, 5) is 21.0. The highest BCUT2D eigenvalue weighted by Crippen LogP contribution is 2.35. The first-order chi connectivity index (χ1) is 18.2. The molecule has 1 aromatic carbocycles. The van der Waals surface area contributed by atoms with E-state index >= 15 is 0 Å². The van der Waals surface area contributed by atoms with Gasteiger partial charge in [0, 0.05) is 83.3 Å². The molecule has 7 nitrogen and oxygen atoms in total. The van der Waals surface area contributed by atoms with Crippen molar-refractivity contribution in [1.29, 1.82) is 0 Å². The predicted molar refractivity (Wildman–Crippen MR) is 158 cm³/mol. The van der Waals surface area contributed by atoms with Crippen LogP contribution in [0.25, 0.3) is 21.2 Å². The van der Waals surface area contributed by atoms with Crippen LogP contribution in [-0.2, 0) is 23.3 Å². The predicted octanol–water partition coefficient (Wildman–Crippen LogP) is 4.57. The zero-order valence-corrected chi connectivity index (χ0v) is 23.9. The zero-order chi connectivity index (χ0) is 26.9. The second-order valence-electron chi connectivity index (χ2n) is 9.76. The first-order valence-electron chi connectivity index (χ1n) is 12.8. The Morgan fingerprint density at radius 2 is 1.92 bits per heavy atom. The van der Waals surface area contributed by atoms with Gasteiger partial charge in [0.1, 0.15) is 11.9 Å². The number of hydrogen-bond acceptors (Lipinski definition) is 6. The van der Waals surface area contributed by atoms with Crippen molar-refractivity contribution in [2.24, 2.45) is 7.05 Å². The molecular formula is C29H34N4O3S2. The van der Waals surface area contributed by atoms with E-state index < -0.39 is 9.71 Å². The van der Waals surface area contributed by atoms with Crippen LogP contribution in [-0.4, -0.2) is 60.8 Å². The van der Waals surface area contributed by atoms with Crippen LogP contribution >= 0.6 is 11.3 Å². The lowest BCUT2D eigenvalue weighted by Gasteiger charge is -2.35. The van der Waals surface area contributed by atoms with E-state index in [2.05, 4.69) is 20.3 Å². The largest absolute Gasteiger partial charge is 0.484 e. The molecule has 9 heteroatoms. The fraction of sp³-hybridized carbons (Fsp3) is 0.345. The van der Waals surface area contributed by atoms with Crippen molar-refractivity contribution in [2.75, 3.05) is 32.4 Å². The molecule has 2 unspecified atom stereocenters. The van der Waals surface area contributed by atoms with Gasteiger partial charge in [-0.05, 0) is 55.1 Å². The van der Waals surface area contributed by atoms with Crippen LogP contribution in [0.2, 0.25) is 0 Å². The molecule has 1 aliphatic rings. The number of piperazine rings is 1. The minimum absolute atomic E-state index is 0.0106. The Morgan fingerprint density at radius 3 is 2.63 bits per heavy atom. The number of pyridine rings is 2. The van der Waals surface area contributed by atoms with E-state index in [4.69, 9.17) is 4.74 Å². The number of aromatic nitrogens is 2. The molecule has 38 heavy (non-hydrogen) atoms. The summed E-state index contributed by atoms with van der Waals surface area (Å²) in [5.41, 5.74) is 2.91. The number of rotatable bonds is 7. The van der Waals surface area contributed by atoms with Crippen LogP contribution in [0.4, 0.5) is 0 Å². The van der Waals surface area contributed by atoms with E-state index in [9.17, 15) is 9.00 Å². The van der Waals surface area contributed by atoms with Gasteiger partial charge in [-0.2, -0.15) is 0 Å².